The summed E-state index contributed by atoms with van der Waals surface area (Å²) >= 11 is 0. The van der Waals surface area contributed by atoms with E-state index in [4.69, 9.17) is 5.73 Å². The molecule has 0 aliphatic heterocycles. The molecule has 3 N–H and O–H groups in total. The van der Waals surface area contributed by atoms with E-state index in [2.05, 4.69) is 9.97 Å². The Hall–Kier alpha value is -1.37. The van der Waals surface area contributed by atoms with Crippen molar-refractivity contribution < 1.29 is 13.2 Å². The molecule has 0 radical (unpaired) electrons. The van der Waals surface area contributed by atoms with Crippen LogP contribution in [0, 0.1) is 0 Å². The standard InChI is InChI=1S/C7H8F3N3O/c8-7(9,10)4-3-6(14)13-5(12-4)1-2-11/h3H,1-2,11H2,(H,12,13,14). The fraction of sp³-hybridized carbons (Fsp3) is 0.429. The van der Waals surface area contributed by atoms with Gasteiger partial charge in [-0.05, 0) is 6.54 Å². The van der Waals surface area contributed by atoms with Gasteiger partial charge in [-0.3, -0.25) is 4.79 Å². The van der Waals surface area contributed by atoms with Gasteiger partial charge in [-0.1, -0.05) is 0 Å². The quantitative estimate of drug-likeness (QED) is 0.732. The lowest BCUT2D eigenvalue weighted by Crippen LogP contribution is -2.20. The number of hydrogen-bond donors (Lipinski definition) is 2. The number of halogens is 3. The van der Waals surface area contributed by atoms with Crippen LogP contribution in [-0.2, 0) is 12.6 Å². The number of rotatable bonds is 2. The summed E-state index contributed by atoms with van der Waals surface area (Å²) in [7, 11) is 0. The molecule has 0 amide bonds. The van der Waals surface area contributed by atoms with Gasteiger partial charge in [-0.15, -0.1) is 0 Å². The van der Waals surface area contributed by atoms with Crippen LogP contribution in [-0.4, -0.2) is 16.5 Å². The zero-order valence-corrected chi connectivity index (χ0v) is 7.06. The molecule has 0 aromatic carbocycles. The fourth-order valence-electron chi connectivity index (χ4n) is 0.908. The molecule has 1 aromatic rings. The minimum atomic E-state index is -4.60. The number of aromatic amines is 1. The molecule has 0 unspecified atom stereocenters. The highest BCUT2D eigenvalue weighted by Crippen LogP contribution is 2.26. The largest absolute Gasteiger partial charge is 0.433 e. The third kappa shape index (κ3) is 2.56. The molecule has 1 heterocycles. The Bertz CT molecular complexity index is 371. The molecular formula is C7H8F3N3O. The first kappa shape index (κ1) is 10.7. The van der Waals surface area contributed by atoms with Gasteiger partial charge in [-0.2, -0.15) is 13.2 Å². The summed E-state index contributed by atoms with van der Waals surface area (Å²) in [5.41, 5.74) is 3.11. The van der Waals surface area contributed by atoms with Gasteiger partial charge < -0.3 is 10.7 Å². The Morgan fingerprint density at radius 2 is 2.14 bits per heavy atom. The van der Waals surface area contributed by atoms with E-state index in [-0.39, 0.29) is 18.8 Å². The van der Waals surface area contributed by atoms with E-state index < -0.39 is 17.4 Å². The Kier molecular flexibility index (Phi) is 2.90. The number of nitrogens with one attached hydrogen (secondary N) is 1. The van der Waals surface area contributed by atoms with E-state index in [0.29, 0.717) is 6.07 Å². The second-order valence-electron chi connectivity index (χ2n) is 2.61. The highest BCUT2D eigenvalue weighted by atomic mass is 19.4. The number of hydrogen-bond acceptors (Lipinski definition) is 3. The molecule has 0 bridgehead atoms. The Labute approximate surface area is 77.0 Å². The molecule has 0 aliphatic rings. The van der Waals surface area contributed by atoms with E-state index in [1.54, 1.807) is 0 Å². The highest BCUT2D eigenvalue weighted by Gasteiger charge is 2.33. The van der Waals surface area contributed by atoms with Crippen LogP contribution in [0.4, 0.5) is 13.2 Å². The maximum Gasteiger partial charge on any atom is 0.433 e. The van der Waals surface area contributed by atoms with Crippen molar-refractivity contribution in [1.82, 2.24) is 9.97 Å². The van der Waals surface area contributed by atoms with Crippen LogP contribution < -0.4 is 11.3 Å². The molecule has 1 aromatic heterocycles. The number of aromatic nitrogens is 2. The maximum atomic E-state index is 12.1. The number of nitrogens with two attached hydrogens (primary N) is 1. The Morgan fingerprint density at radius 1 is 1.50 bits per heavy atom. The van der Waals surface area contributed by atoms with E-state index in [0.717, 1.165) is 0 Å². The topological polar surface area (TPSA) is 71.8 Å². The first-order valence-corrected chi connectivity index (χ1v) is 3.81. The minimum absolute atomic E-state index is 0.0488. The van der Waals surface area contributed by atoms with Gasteiger partial charge >= 0.3 is 6.18 Å². The number of nitrogens with zero attached hydrogens (tertiary/aromatic N) is 1. The van der Waals surface area contributed by atoms with E-state index in [1.807, 2.05) is 0 Å². The zero-order valence-electron chi connectivity index (χ0n) is 7.06. The first-order chi connectivity index (χ1) is 6.43. The average molecular weight is 207 g/mol. The minimum Gasteiger partial charge on any atom is -0.330 e. The molecule has 0 spiro atoms. The van der Waals surface area contributed by atoms with Crippen LogP contribution in [0.1, 0.15) is 11.5 Å². The molecule has 4 nitrogen and oxygen atoms in total. The summed E-state index contributed by atoms with van der Waals surface area (Å²) in [6, 6.07) is 0.417. The summed E-state index contributed by atoms with van der Waals surface area (Å²) in [5, 5.41) is 0. The lowest BCUT2D eigenvalue weighted by atomic mass is 10.3. The van der Waals surface area contributed by atoms with Crippen molar-refractivity contribution in [2.75, 3.05) is 6.54 Å². The van der Waals surface area contributed by atoms with Gasteiger partial charge in [0.15, 0.2) is 5.69 Å². The average Bonchev–Trinajstić information content (AvgIpc) is 2.02. The van der Waals surface area contributed by atoms with Crippen LogP contribution in [0.5, 0.6) is 0 Å². The second-order valence-corrected chi connectivity index (χ2v) is 2.61. The Balaban J connectivity index is 3.14. The van der Waals surface area contributed by atoms with Crippen molar-refractivity contribution in [2.24, 2.45) is 5.73 Å². The molecule has 0 saturated carbocycles. The lowest BCUT2D eigenvalue weighted by molar-refractivity contribution is -0.141. The molecule has 1 rings (SSSR count). The maximum absolute atomic E-state index is 12.1. The first-order valence-electron chi connectivity index (χ1n) is 3.81. The van der Waals surface area contributed by atoms with Gasteiger partial charge in [0.25, 0.3) is 5.56 Å². The molecule has 0 aliphatic carbocycles. The third-order valence-corrected chi connectivity index (χ3v) is 1.46. The monoisotopic (exact) mass is 207 g/mol. The highest BCUT2D eigenvalue weighted by molar-refractivity contribution is 5.06. The van der Waals surface area contributed by atoms with Gasteiger partial charge in [-0.25, -0.2) is 4.98 Å². The van der Waals surface area contributed by atoms with E-state index in [9.17, 15) is 18.0 Å². The SMILES string of the molecule is NCCc1nc(C(F)(F)F)cc(=O)[nH]1. The molecule has 0 saturated heterocycles. The predicted octanol–water partition coefficient (Wildman–Crippen LogP) is 0.290. The smallest absolute Gasteiger partial charge is 0.330 e. The molecule has 0 fully saturated rings. The van der Waals surface area contributed by atoms with Crippen molar-refractivity contribution in [2.45, 2.75) is 12.6 Å². The summed E-state index contributed by atoms with van der Waals surface area (Å²) < 4.78 is 36.4. The van der Waals surface area contributed by atoms with Crippen molar-refractivity contribution in [3.05, 3.63) is 27.9 Å². The van der Waals surface area contributed by atoms with Crippen LogP contribution in [0.2, 0.25) is 0 Å². The summed E-state index contributed by atoms with van der Waals surface area (Å²) in [4.78, 5) is 16.2. The van der Waals surface area contributed by atoms with Gasteiger partial charge in [0.2, 0.25) is 0 Å². The van der Waals surface area contributed by atoms with Gasteiger partial charge in [0.05, 0.1) is 0 Å². The summed E-state index contributed by atoms with van der Waals surface area (Å²) in [6.07, 6.45) is -4.49. The van der Waals surface area contributed by atoms with E-state index >= 15 is 0 Å². The molecule has 78 valence electrons. The summed E-state index contributed by atoms with van der Waals surface area (Å²) in [5.74, 6) is -0.0488. The van der Waals surface area contributed by atoms with Crippen molar-refractivity contribution >= 4 is 0 Å². The Morgan fingerprint density at radius 3 is 2.64 bits per heavy atom. The van der Waals surface area contributed by atoms with Crippen molar-refractivity contribution in [3.63, 3.8) is 0 Å². The second kappa shape index (κ2) is 3.79. The predicted molar refractivity (Wildman–Crippen MR) is 42.6 cm³/mol. The van der Waals surface area contributed by atoms with Crippen molar-refractivity contribution in [1.29, 1.82) is 0 Å². The molecule has 14 heavy (non-hydrogen) atoms. The zero-order chi connectivity index (χ0) is 10.8. The summed E-state index contributed by atoms with van der Waals surface area (Å²) in [6.45, 7) is 0.129. The molecule has 0 atom stereocenters. The lowest BCUT2D eigenvalue weighted by Gasteiger charge is -2.06. The van der Waals surface area contributed by atoms with Crippen LogP contribution >= 0.6 is 0 Å². The fourth-order valence-corrected chi connectivity index (χ4v) is 0.908. The molecular weight excluding hydrogens is 199 g/mol. The van der Waals surface area contributed by atoms with Gasteiger partial charge in [0.1, 0.15) is 5.82 Å². The van der Waals surface area contributed by atoms with Crippen molar-refractivity contribution in [3.8, 4) is 0 Å². The van der Waals surface area contributed by atoms with E-state index in [1.165, 1.54) is 0 Å². The third-order valence-electron chi connectivity index (χ3n) is 1.46. The number of alkyl halides is 3. The molecule has 7 heteroatoms. The van der Waals surface area contributed by atoms with Crippen LogP contribution in [0.15, 0.2) is 10.9 Å². The number of H-pyrrole nitrogens is 1. The van der Waals surface area contributed by atoms with Crippen LogP contribution in [0.25, 0.3) is 0 Å². The van der Waals surface area contributed by atoms with Gasteiger partial charge in [0, 0.05) is 12.5 Å². The van der Waals surface area contributed by atoms with Crippen LogP contribution in [0.3, 0.4) is 0 Å². The normalized spacial score (nSPS) is 11.7.